The molecule has 1 saturated heterocycles. The molecule has 1 saturated carbocycles. The van der Waals surface area contributed by atoms with E-state index >= 15 is 0 Å². The zero-order valence-electron chi connectivity index (χ0n) is 16.3. The van der Waals surface area contributed by atoms with Crippen molar-refractivity contribution in [3.8, 4) is 11.5 Å². The van der Waals surface area contributed by atoms with Gasteiger partial charge in [-0.2, -0.15) is 0 Å². The minimum absolute atomic E-state index is 0.0888. The molecule has 3 heterocycles. The second-order valence-corrected chi connectivity index (χ2v) is 9.03. The molecule has 2 aromatic rings. The molecule has 1 atom stereocenters. The third-order valence-corrected chi connectivity index (χ3v) is 7.01. The molecular weight excluding hydrogens is 390 g/mol. The van der Waals surface area contributed by atoms with E-state index in [2.05, 4.69) is 10.3 Å². The number of thiazole rings is 1. The highest BCUT2D eigenvalue weighted by Gasteiger charge is 2.37. The van der Waals surface area contributed by atoms with Crippen LogP contribution in [0.15, 0.2) is 12.1 Å². The fraction of sp³-hybridized carbons (Fsp3) is 0.571. The molecule has 2 fully saturated rings. The van der Waals surface area contributed by atoms with Gasteiger partial charge in [-0.25, -0.2) is 4.98 Å². The number of fused-ring (bicyclic) bond motifs is 2. The summed E-state index contributed by atoms with van der Waals surface area (Å²) in [6, 6.07) is 3.37. The van der Waals surface area contributed by atoms with Crippen molar-refractivity contribution < 1.29 is 19.1 Å². The Hall–Kier alpha value is -2.35. The third-order valence-electron chi connectivity index (χ3n) is 6.08. The SMILES string of the molecule is O=C(Nc1nc2cc3c(cc2s1)OCCO3)C1CCCN1C(=O)C1CCCCC1. The van der Waals surface area contributed by atoms with Gasteiger partial charge in [0.1, 0.15) is 19.3 Å². The monoisotopic (exact) mass is 415 g/mol. The van der Waals surface area contributed by atoms with Gasteiger partial charge in [0, 0.05) is 24.6 Å². The number of carbonyl (C=O) groups is 2. The Morgan fingerprint density at radius 1 is 1.03 bits per heavy atom. The molecule has 8 heteroatoms. The summed E-state index contributed by atoms with van der Waals surface area (Å²) in [6.45, 7) is 1.74. The van der Waals surface area contributed by atoms with Gasteiger partial charge in [-0.1, -0.05) is 30.6 Å². The Morgan fingerprint density at radius 2 is 1.79 bits per heavy atom. The second kappa shape index (κ2) is 7.82. The predicted molar refractivity (Wildman–Crippen MR) is 111 cm³/mol. The average Bonchev–Trinajstić information content (AvgIpc) is 3.38. The van der Waals surface area contributed by atoms with Gasteiger partial charge in [-0.05, 0) is 25.7 Å². The van der Waals surface area contributed by atoms with Crippen LogP contribution in [0.25, 0.3) is 10.2 Å². The molecule has 2 amide bonds. The summed E-state index contributed by atoms with van der Waals surface area (Å²) in [4.78, 5) is 32.3. The van der Waals surface area contributed by atoms with Gasteiger partial charge in [0.05, 0.1) is 10.2 Å². The number of hydrogen-bond acceptors (Lipinski definition) is 6. The summed E-state index contributed by atoms with van der Waals surface area (Å²) in [5, 5.41) is 3.49. The van der Waals surface area contributed by atoms with Crippen LogP contribution in [0.5, 0.6) is 11.5 Å². The summed E-state index contributed by atoms with van der Waals surface area (Å²) in [7, 11) is 0. The summed E-state index contributed by atoms with van der Waals surface area (Å²) >= 11 is 1.41. The van der Waals surface area contributed by atoms with Gasteiger partial charge in [0.15, 0.2) is 16.6 Å². The van der Waals surface area contributed by atoms with Gasteiger partial charge in [-0.3, -0.25) is 9.59 Å². The van der Waals surface area contributed by atoms with Gasteiger partial charge in [-0.15, -0.1) is 0 Å². The van der Waals surface area contributed by atoms with Crippen LogP contribution in [0, 0.1) is 5.92 Å². The maximum absolute atomic E-state index is 13.0. The predicted octanol–water partition coefficient (Wildman–Crippen LogP) is 3.58. The molecule has 1 aromatic carbocycles. The molecule has 29 heavy (non-hydrogen) atoms. The normalized spacial score (nSPS) is 22.1. The van der Waals surface area contributed by atoms with Crippen LogP contribution >= 0.6 is 11.3 Å². The summed E-state index contributed by atoms with van der Waals surface area (Å²) in [6.07, 6.45) is 6.94. The Kier molecular flexibility index (Phi) is 5.03. The van der Waals surface area contributed by atoms with E-state index in [1.807, 2.05) is 12.1 Å². The molecular formula is C21H25N3O4S. The van der Waals surface area contributed by atoms with E-state index in [-0.39, 0.29) is 17.7 Å². The lowest BCUT2D eigenvalue weighted by atomic mass is 9.88. The molecule has 0 bridgehead atoms. The molecule has 154 valence electrons. The Morgan fingerprint density at radius 3 is 2.59 bits per heavy atom. The fourth-order valence-electron chi connectivity index (χ4n) is 4.59. The number of ether oxygens (including phenoxy) is 2. The van der Waals surface area contributed by atoms with Crippen molar-refractivity contribution in [1.82, 2.24) is 9.88 Å². The highest BCUT2D eigenvalue weighted by Crippen LogP contribution is 2.38. The lowest BCUT2D eigenvalue weighted by Gasteiger charge is -2.29. The molecule has 0 radical (unpaired) electrons. The first-order valence-electron chi connectivity index (χ1n) is 10.5. The molecule has 3 aliphatic rings. The van der Waals surface area contributed by atoms with Gasteiger partial charge < -0.3 is 19.7 Å². The van der Waals surface area contributed by atoms with E-state index < -0.39 is 6.04 Å². The van der Waals surface area contributed by atoms with Crippen LogP contribution < -0.4 is 14.8 Å². The second-order valence-electron chi connectivity index (χ2n) is 8.00. The first kappa shape index (κ1) is 18.7. The molecule has 7 nitrogen and oxygen atoms in total. The summed E-state index contributed by atoms with van der Waals surface area (Å²) in [5.74, 6) is 1.51. The Bertz CT molecular complexity index is 894. The highest BCUT2D eigenvalue weighted by molar-refractivity contribution is 7.22. The van der Waals surface area contributed by atoms with Gasteiger partial charge in [0.2, 0.25) is 11.8 Å². The molecule has 0 spiro atoms. The lowest BCUT2D eigenvalue weighted by molar-refractivity contribution is -0.141. The van der Waals surface area contributed by atoms with Crippen LogP contribution in [0.3, 0.4) is 0 Å². The lowest BCUT2D eigenvalue weighted by Crippen LogP contribution is -2.46. The number of anilines is 1. The van der Waals surface area contributed by atoms with Crippen molar-refractivity contribution in [3.63, 3.8) is 0 Å². The molecule has 1 unspecified atom stereocenters. The van der Waals surface area contributed by atoms with E-state index in [0.29, 0.717) is 42.8 Å². The topological polar surface area (TPSA) is 80.8 Å². The number of hydrogen-bond donors (Lipinski definition) is 1. The van der Waals surface area contributed by atoms with E-state index in [0.717, 1.165) is 42.3 Å². The smallest absolute Gasteiger partial charge is 0.248 e. The first-order chi connectivity index (χ1) is 14.2. The van der Waals surface area contributed by atoms with Crippen molar-refractivity contribution in [2.75, 3.05) is 25.1 Å². The molecule has 5 rings (SSSR count). The number of benzene rings is 1. The number of nitrogens with zero attached hydrogens (tertiary/aromatic N) is 2. The van der Waals surface area contributed by atoms with E-state index in [1.165, 1.54) is 17.8 Å². The van der Waals surface area contributed by atoms with Crippen LogP contribution in [0.1, 0.15) is 44.9 Å². The number of amides is 2. The van der Waals surface area contributed by atoms with Crippen LogP contribution in [0.2, 0.25) is 0 Å². The number of rotatable bonds is 3. The van der Waals surface area contributed by atoms with Crippen molar-refractivity contribution in [2.24, 2.45) is 5.92 Å². The number of aromatic nitrogens is 1. The Balaban J connectivity index is 1.30. The Labute approximate surface area is 173 Å². The molecule has 1 N–H and O–H groups in total. The van der Waals surface area contributed by atoms with E-state index in [1.54, 1.807) is 4.90 Å². The van der Waals surface area contributed by atoms with Crippen molar-refractivity contribution in [2.45, 2.75) is 51.0 Å². The standard InChI is InChI=1S/C21H25N3O4S/c25-19(15-7-4-8-24(15)20(26)13-5-2-1-3-6-13)23-21-22-14-11-16-17(12-18(14)29-21)28-10-9-27-16/h11-13,15H,1-10H2,(H,22,23,25). The zero-order chi connectivity index (χ0) is 19.8. The van der Waals surface area contributed by atoms with Crippen LogP contribution in [0.4, 0.5) is 5.13 Å². The minimum Gasteiger partial charge on any atom is -0.486 e. The maximum atomic E-state index is 13.0. The zero-order valence-corrected chi connectivity index (χ0v) is 17.1. The van der Waals surface area contributed by atoms with Crippen molar-refractivity contribution in [1.29, 1.82) is 0 Å². The van der Waals surface area contributed by atoms with Gasteiger partial charge in [0.25, 0.3) is 0 Å². The molecule has 1 aliphatic carbocycles. The average molecular weight is 416 g/mol. The fourth-order valence-corrected chi connectivity index (χ4v) is 5.47. The summed E-state index contributed by atoms with van der Waals surface area (Å²) in [5.41, 5.74) is 0.774. The van der Waals surface area contributed by atoms with E-state index in [4.69, 9.17) is 9.47 Å². The molecule has 1 aromatic heterocycles. The van der Waals surface area contributed by atoms with Crippen LogP contribution in [-0.2, 0) is 9.59 Å². The summed E-state index contributed by atoms with van der Waals surface area (Å²) < 4.78 is 12.2. The number of nitrogens with one attached hydrogen (secondary N) is 1. The number of likely N-dealkylation sites (tertiary alicyclic amines) is 1. The highest BCUT2D eigenvalue weighted by atomic mass is 32.1. The van der Waals surface area contributed by atoms with Crippen molar-refractivity contribution in [3.05, 3.63) is 12.1 Å². The quantitative estimate of drug-likeness (QED) is 0.829. The number of carbonyl (C=O) groups excluding carboxylic acids is 2. The first-order valence-corrected chi connectivity index (χ1v) is 11.3. The van der Waals surface area contributed by atoms with Crippen molar-refractivity contribution >= 4 is 38.5 Å². The van der Waals surface area contributed by atoms with Crippen LogP contribution in [-0.4, -0.2) is 47.5 Å². The van der Waals surface area contributed by atoms with Gasteiger partial charge >= 0.3 is 0 Å². The minimum atomic E-state index is -0.392. The molecule has 2 aliphatic heterocycles. The maximum Gasteiger partial charge on any atom is 0.248 e. The third kappa shape index (κ3) is 3.66. The van der Waals surface area contributed by atoms with E-state index in [9.17, 15) is 9.59 Å². The largest absolute Gasteiger partial charge is 0.486 e.